The van der Waals surface area contributed by atoms with Crippen molar-refractivity contribution in [3.05, 3.63) is 42.2 Å². The van der Waals surface area contributed by atoms with Crippen LogP contribution in [0.5, 0.6) is 0 Å². The van der Waals surface area contributed by atoms with Gasteiger partial charge >= 0.3 is 0 Å². The highest BCUT2D eigenvalue weighted by atomic mass is 32.2. The number of benzene rings is 1. The van der Waals surface area contributed by atoms with Gasteiger partial charge in [-0.3, -0.25) is 0 Å². The first kappa shape index (κ1) is 14.8. The maximum atomic E-state index is 13.2. The Kier molecular flexibility index (Phi) is 5.01. The third-order valence-electron chi connectivity index (χ3n) is 2.34. The van der Waals surface area contributed by atoms with Crippen molar-refractivity contribution in [3.63, 3.8) is 0 Å². The van der Waals surface area contributed by atoms with Crippen molar-refractivity contribution in [1.29, 1.82) is 0 Å². The molecule has 1 aromatic rings. The van der Waals surface area contributed by atoms with E-state index in [4.69, 9.17) is 5.11 Å². The van der Waals surface area contributed by atoms with Crippen LogP contribution < -0.4 is 0 Å². The van der Waals surface area contributed by atoms with Gasteiger partial charge in [0, 0.05) is 13.1 Å². The Morgan fingerprint density at radius 2 is 2.11 bits per heavy atom. The Morgan fingerprint density at radius 3 is 2.61 bits per heavy atom. The molecule has 0 saturated carbocycles. The fourth-order valence-corrected chi connectivity index (χ4v) is 3.08. The molecule has 0 unspecified atom stereocenters. The molecule has 0 aliphatic carbocycles. The van der Waals surface area contributed by atoms with E-state index in [9.17, 15) is 12.8 Å². The molecule has 0 spiro atoms. The lowest BCUT2D eigenvalue weighted by atomic mass is 10.2. The normalized spacial score (nSPS) is 11.8. The smallest absolute Gasteiger partial charge is 0.243 e. The van der Waals surface area contributed by atoms with Gasteiger partial charge in [-0.1, -0.05) is 6.08 Å². The van der Waals surface area contributed by atoms with Crippen LogP contribution in [0.3, 0.4) is 0 Å². The van der Waals surface area contributed by atoms with E-state index in [1.54, 1.807) is 6.92 Å². The van der Waals surface area contributed by atoms with Crippen molar-refractivity contribution in [1.82, 2.24) is 4.31 Å². The topological polar surface area (TPSA) is 57.6 Å². The van der Waals surface area contributed by atoms with Gasteiger partial charge in [-0.15, -0.1) is 6.58 Å². The molecule has 0 radical (unpaired) electrons. The fourth-order valence-electron chi connectivity index (χ4n) is 1.57. The van der Waals surface area contributed by atoms with Crippen molar-refractivity contribution in [2.45, 2.75) is 11.8 Å². The number of aryl methyl sites for hydroxylation is 1. The molecule has 6 heteroatoms. The highest BCUT2D eigenvalue weighted by Gasteiger charge is 2.23. The average molecular weight is 273 g/mol. The van der Waals surface area contributed by atoms with E-state index in [1.165, 1.54) is 18.2 Å². The Labute approximate surface area is 106 Å². The molecule has 1 aromatic carbocycles. The van der Waals surface area contributed by atoms with Crippen LogP contribution in [-0.4, -0.2) is 37.5 Å². The van der Waals surface area contributed by atoms with Gasteiger partial charge in [-0.05, 0) is 30.7 Å². The Hall–Kier alpha value is -1.24. The summed E-state index contributed by atoms with van der Waals surface area (Å²) in [4.78, 5) is -0.115. The SMILES string of the molecule is C=CCN(CCO)S(=O)(=O)c1cc(C)cc(F)c1. The van der Waals surface area contributed by atoms with Crippen LogP contribution in [0.4, 0.5) is 4.39 Å². The number of hydrogen-bond donors (Lipinski definition) is 1. The van der Waals surface area contributed by atoms with Crippen LogP contribution in [0.2, 0.25) is 0 Å². The second-order valence-electron chi connectivity index (χ2n) is 3.84. The molecule has 100 valence electrons. The molecule has 0 heterocycles. The van der Waals surface area contributed by atoms with Gasteiger partial charge in [-0.2, -0.15) is 4.31 Å². The first-order valence-electron chi connectivity index (χ1n) is 5.41. The van der Waals surface area contributed by atoms with Gasteiger partial charge in [0.1, 0.15) is 5.82 Å². The largest absolute Gasteiger partial charge is 0.395 e. The van der Waals surface area contributed by atoms with E-state index in [-0.39, 0.29) is 24.6 Å². The minimum absolute atomic E-state index is 0.0517. The van der Waals surface area contributed by atoms with E-state index in [0.29, 0.717) is 5.56 Å². The standard InChI is InChI=1S/C12H16FNO3S/c1-3-4-14(5-6-15)18(16,17)12-8-10(2)7-11(13)9-12/h3,7-9,15H,1,4-6H2,2H3. The zero-order chi connectivity index (χ0) is 13.8. The number of sulfonamides is 1. The van der Waals surface area contributed by atoms with Crippen molar-refractivity contribution in [2.75, 3.05) is 19.7 Å². The molecular formula is C12H16FNO3S. The van der Waals surface area contributed by atoms with Crippen LogP contribution >= 0.6 is 0 Å². The summed E-state index contributed by atoms with van der Waals surface area (Å²) in [6.45, 7) is 4.79. The Bertz CT molecular complexity index is 508. The molecule has 0 aliphatic heterocycles. The summed E-state index contributed by atoms with van der Waals surface area (Å²) in [6.07, 6.45) is 1.42. The second-order valence-corrected chi connectivity index (χ2v) is 5.78. The van der Waals surface area contributed by atoms with Crippen LogP contribution in [-0.2, 0) is 10.0 Å². The van der Waals surface area contributed by atoms with Gasteiger partial charge in [-0.25, -0.2) is 12.8 Å². The third kappa shape index (κ3) is 3.38. The summed E-state index contributed by atoms with van der Waals surface area (Å²) in [7, 11) is -3.81. The van der Waals surface area contributed by atoms with Crippen LogP contribution in [0.15, 0.2) is 35.7 Å². The molecule has 0 atom stereocenters. The molecule has 0 fully saturated rings. The van der Waals surface area contributed by atoms with Crippen molar-refractivity contribution in [3.8, 4) is 0 Å². The van der Waals surface area contributed by atoms with E-state index in [1.807, 2.05) is 0 Å². The molecule has 0 aromatic heterocycles. The van der Waals surface area contributed by atoms with Gasteiger partial charge in [0.15, 0.2) is 0 Å². The zero-order valence-electron chi connectivity index (χ0n) is 10.1. The minimum atomic E-state index is -3.81. The molecular weight excluding hydrogens is 257 g/mol. The summed E-state index contributed by atoms with van der Waals surface area (Å²) in [6, 6.07) is 3.62. The summed E-state index contributed by atoms with van der Waals surface area (Å²) < 4.78 is 38.7. The molecule has 4 nitrogen and oxygen atoms in total. The number of rotatable bonds is 6. The van der Waals surface area contributed by atoms with E-state index >= 15 is 0 Å². The maximum Gasteiger partial charge on any atom is 0.243 e. The predicted molar refractivity (Wildman–Crippen MR) is 67.2 cm³/mol. The lowest BCUT2D eigenvalue weighted by molar-refractivity contribution is 0.260. The molecule has 1 rings (SSSR count). The molecule has 0 amide bonds. The number of halogens is 1. The summed E-state index contributed by atoms with van der Waals surface area (Å²) >= 11 is 0. The molecule has 0 saturated heterocycles. The predicted octanol–water partition coefficient (Wildman–Crippen LogP) is 1.30. The number of aliphatic hydroxyl groups is 1. The lowest BCUT2D eigenvalue weighted by Gasteiger charge is -2.19. The molecule has 18 heavy (non-hydrogen) atoms. The van der Waals surface area contributed by atoms with E-state index < -0.39 is 15.8 Å². The zero-order valence-corrected chi connectivity index (χ0v) is 11.0. The van der Waals surface area contributed by atoms with Crippen molar-refractivity contribution < 1.29 is 17.9 Å². The lowest BCUT2D eigenvalue weighted by Crippen LogP contribution is -2.33. The summed E-state index contributed by atoms with van der Waals surface area (Å²) in [5.41, 5.74) is 0.524. The monoisotopic (exact) mass is 273 g/mol. The van der Waals surface area contributed by atoms with Gasteiger partial charge in [0.25, 0.3) is 0 Å². The molecule has 0 aliphatic rings. The summed E-state index contributed by atoms with van der Waals surface area (Å²) in [5, 5.41) is 8.87. The van der Waals surface area contributed by atoms with Crippen LogP contribution in [0, 0.1) is 12.7 Å². The highest BCUT2D eigenvalue weighted by molar-refractivity contribution is 7.89. The third-order valence-corrected chi connectivity index (χ3v) is 4.18. The van der Waals surface area contributed by atoms with Crippen molar-refractivity contribution >= 4 is 10.0 Å². The first-order chi connectivity index (χ1) is 8.41. The van der Waals surface area contributed by atoms with Gasteiger partial charge < -0.3 is 5.11 Å². The van der Waals surface area contributed by atoms with E-state index in [0.717, 1.165) is 10.4 Å². The molecule has 1 N–H and O–H groups in total. The second kappa shape index (κ2) is 6.08. The maximum absolute atomic E-state index is 13.2. The number of hydrogen-bond acceptors (Lipinski definition) is 3. The minimum Gasteiger partial charge on any atom is -0.395 e. The fraction of sp³-hybridized carbons (Fsp3) is 0.333. The Balaban J connectivity index is 3.21. The summed E-state index contributed by atoms with van der Waals surface area (Å²) in [5.74, 6) is -0.601. The average Bonchev–Trinajstić information content (AvgIpc) is 2.27. The first-order valence-corrected chi connectivity index (χ1v) is 6.85. The number of nitrogens with zero attached hydrogens (tertiary/aromatic N) is 1. The van der Waals surface area contributed by atoms with Crippen LogP contribution in [0.1, 0.15) is 5.56 Å². The molecule has 0 bridgehead atoms. The van der Waals surface area contributed by atoms with E-state index in [2.05, 4.69) is 6.58 Å². The number of aliphatic hydroxyl groups excluding tert-OH is 1. The quantitative estimate of drug-likeness (QED) is 0.795. The van der Waals surface area contributed by atoms with Crippen LogP contribution in [0.25, 0.3) is 0 Å². The Morgan fingerprint density at radius 1 is 1.44 bits per heavy atom. The highest BCUT2D eigenvalue weighted by Crippen LogP contribution is 2.18. The van der Waals surface area contributed by atoms with Gasteiger partial charge in [0.2, 0.25) is 10.0 Å². The van der Waals surface area contributed by atoms with Gasteiger partial charge in [0.05, 0.1) is 11.5 Å². The van der Waals surface area contributed by atoms with Crippen molar-refractivity contribution in [2.24, 2.45) is 0 Å².